The molecule has 0 atom stereocenters. The highest BCUT2D eigenvalue weighted by Crippen LogP contribution is 2.30. The van der Waals surface area contributed by atoms with E-state index >= 15 is 0 Å². The zero-order valence-corrected chi connectivity index (χ0v) is 21.1. The number of nitrogens with zero attached hydrogens (tertiary/aromatic N) is 2. The lowest BCUT2D eigenvalue weighted by Crippen LogP contribution is -2.19. The molecule has 0 N–H and O–H groups in total. The lowest BCUT2D eigenvalue weighted by Gasteiger charge is -2.13. The average molecular weight is 489 g/mol. The maximum atomic E-state index is 12.9. The van der Waals surface area contributed by atoms with Crippen molar-refractivity contribution in [1.29, 1.82) is 0 Å². The van der Waals surface area contributed by atoms with E-state index in [1.165, 1.54) is 11.3 Å². The monoisotopic (exact) mass is 488 g/mol. The molecule has 0 bridgehead atoms. The van der Waals surface area contributed by atoms with E-state index in [9.17, 15) is 4.79 Å². The fraction of sp³-hybridized carbons (Fsp3) is 0.214. The zero-order valence-electron chi connectivity index (χ0n) is 20.3. The highest BCUT2D eigenvalue weighted by Gasteiger charge is 2.15. The minimum atomic E-state index is -0.256. The second-order valence-corrected chi connectivity index (χ2v) is 9.07. The Hall–Kier alpha value is -3.84. The maximum absolute atomic E-state index is 12.9. The summed E-state index contributed by atoms with van der Waals surface area (Å²) in [5, 5.41) is 0. The SMILES string of the molecule is COc1ccc(-c2c(C)sc(=NC(=O)c3ccccc3)n2CCc2ccc(OC)c(OC)c2)cc1. The van der Waals surface area contributed by atoms with Crippen molar-refractivity contribution < 1.29 is 19.0 Å². The molecule has 0 aliphatic rings. The van der Waals surface area contributed by atoms with Gasteiger partial charge in [0.25, 0.3) is 5.91 Å². The second kappa shape index (κ2) is 11.1. The molecule has 0 radical (unpaired) electrons. The third kappa shape index (κ3) is 5.46. The predicted molar refractivity (Wildman–Crippen MR) is 139 cm³/mol. The molecule has 1 heterocycles. The highest BCUT2D eigenvalue weighted by atomic mass is 32.1. The van der Waals surface area contributed by atoms with E-state index in [-0.39, 0.29) is 5.91 Å². The Balaban J connectivity index is 1.76. The number of methoxy groups -OCH3 is 3. The first-order chi connectivity index (χ1) is 17.0. The van der Waals surface area contributed by atoms with Crippen molar-refractivity contribution in [3.8, 4) is 28.5 Å². The van der Waals surface area contributed by atoms with Crippen LogP contribution in [0.4, 0.5) is 0 Å². The van der Waals surface area contributed by atoms with Gasteiger partial charge in [-0.3, -0.25) is 4.79 Å². The quantitative estimate of drug-likeness (QED) is 0.327. The number of ether oxygens (including phenoxy) is 3. The van der Waals surface area contributed by atoms with E-state index in [1.54, 1.807) is 33.5 Å². The highest BCUT2D eigenvalue weighted by molar-refractivity contribution is 7.09. The van der Waals surface area contributed by atoms with E-state index in [4.69, 9.17) is 14.2 Å². The van der Waals surface area contributed by atoms with Crippen LogP contribution >= 0.6 is 11.3 Å². The molecular formula is C28H28N2O4S. The Labute approximate surface area is 209 Å². The van der Waals surface area contributed by atoms with Crippen molar-refractivity contribution >= 4 is 17.2 Å². The summed E-state index contributed by atoms with van der Waals surface area (Å²) in [6, 6.07) is 23.0. The molecular weight excluding hydrogens is 460 g/mol. The van der Waals surface area contributed by atoms with Crippen molar-refractivity contribution in [2.45, 2.75) is 19.9 Å². The summed E-state index contributed by atoms with van der Waals surface area (Å²) in [4.78, 5) is 19.2. The second-order valence-electron chi connectivity index (χ2n) is 7.89. The van der Waals surface area contributed by atoms with Gasteiger partial charge in [-0.15, -0.1) is 11.3 Å². The molecule has 0 aliphatic carbocycles. The molecule has 180 valence electrons. The summed E-state index contributed by atoms with van der Waals surface area (Å²) in [5.41, 5.74) is 3.74. The molecule has 4 aromatic rings. The number of amides is 1. The van der Waals surface area contributed by atoms with Gasteiger partial charge in [0.1, 0.15) is 5.75 Å². The van der Waals surface area contributed by atoms with E-state index in [2.05, 4.69) is 16.5 Å². The Morgan fingerprint density at radius 2 is 1.60 bits per heavy atom. The topological polar surface area (TPSA) is 62.0 Å². The van der Waals surface area contributed by atoms with Crippen molar-refractivity contribution in [2.75, 3.05) is 21.3 Å². The number of thiazole rings is 1. The minimum absolute atomic E-state index is 0.256. The molecule has 35 heavy (non-hydrogen) atoms. The Morgan fingerprint density at radius 1 is 0.886 bits per heavy atom. The van der Waals surface area contributed by atoms with E-state index in [0.29, 0.717) is 28.4 Å². The van der Waals surface area contributed by atoms with Crippen LogP contribution in [0.2, 0.25) is 0 Å². The molecule has 4 rings (SSSR count). The van der Waals surface area contributed by atoms with Gasteiger partial charge in [0.2, 0.25) is 0 Å². The van der Waals surface area contributed by atoms with Crippen LogP contribution in [-0.2, 0) is 13.0 Å². The summed E-state index contributed by atoms with van der Waals surface area (Å²) < 4.78 is 18.3. The van der Waals surface area contributed by atoms with Crippen molar-refractivity contribution in [3.63, 3.8) is 0 Å². The fourth-order valence-electron chi connectivity index (χ4n) is 3.93. The van der Waals surface area contributed by atoms with Crippen molar-refractivity contribution in [1.82, 2.24) is 4.57 Å². The van der Waals surface area contributed by atoms with Crippen LogP contribution in [0, 0.1) is 6.92 Å². The summed E-state index contributed by atoms with van der Waals surface area (Å²) in [7, 11) is 4.91. The Bertz CT molecular complexity index is 1370. The molecule has 3 aromatic carbocycles. The zero-order chi connectivity index (χ0) is 24.8. The van der Waals surface area contributed by atoms with Crippen LogP contribution in [0.1, 0.15) is 20.8 Å². The lowest BCUT2D eigenvalue weighted by atomic mass is 10.1. The molecule has 0 saturated heterocycles. The number of hydrogen-bond donors (Lipinski definition) is 0. The number of hydrogen-bond acceptors (Lipinski definition) is 5. The van der Waals surface area contributed by atoms with Crippen LogP contribution in [0.25, 0.3) is 11.3 Å². The van der Waals surface area contributed by atoms with Crippen LogP contribution in [-0.4, -0.2) is 31.8 Å². The largest absolute Gasteiger partial charge is 0.497 e. The molecule has 7 heteroatoms. The lowest BCUT2D eigenvalue weighted by molar-refractivity contribution is 0.0997. The standard InChI is InChI=1S/C28H28N2O4S/c1-19-26(21-11-13-23(32-2)14-12-21)30(17-16-20-10-15-24(33-3)25(18-20)34-4)28(35-19)29-27(31)22-8-6-5-7-9-22/h5-15,18H,16-17H2,1-4H3. The average Bonchev–Trinajstić information content (AvgIpc) is 3.21. The van der Waals surface area contributed by atoms with E-state index in [1.807, 2.05) is 60.7 Å². The molecule has 0 spiro atoms. The van der Waals surface area contributed by atoms with Gasteiger partial charge in [-0.1, -0.05) is 24.3 Å². The summed E-state index contributed by atoms with van der Waals surface area (Å²) in [5.74, 6) is 1.92. The number of carbonyl (C=O) groups is 1. The molecule has 1 aromatic heterocycles. The molecule has 0 aliphatic heterocycles. The molecule has 0 unspecified atom stereocenters. The summed E-state index contributed by atoms with van der Waals surface area (Å²) in [6.07, 6.45) is 0.729. The Kier molecular flexibility index (Phi) is 7.67. The van der Waals surface area contributed by atoms with Crippen molar-refractivity contribution in [3.05, 3.63) is 93.6 Å². The predicted octanol–water partition coefficient (Wildman–Crippen LogP) is 5.53. The maximum Gasteiger partial charge on any atom is 0.279 e. The number of aromatic nitrogens is 1. The van der Waals surface area contributed by atoms with Gasteiger partial charge >= 0.3 is 0 Å². The van der Waals surface area contributed by atoms with Gasteiger partial charge in [0.15, 0.2) is 16.3 Å². The van der Waals surface area contributed by atoms with Crippen LogP contribution in [0.5, 0.6) is 17.2 Å². The first-order valence-corrected chi connectivity index (χ1v) is 12.1. The first kappa shape index (κ1) is 24.3. The van der Waals surface area contributed by atoms with Gasteiger partial charge in [-0.05, 0) is 73.0 Å². The summed E-state index contributed by atoms with van der Waals surface area (Å²) >= 11 is 1.52. The van der Waals surface area contributed by atoms with Gasteiger partial charge < -0.3 is 18.8 Å². The van der Waals surface area contributed by atoms with Crippen LogP contribution in [0.15, 0.2) is 77.8 Å². The van der Waals surface area contributed by atoms with Gasteiger partial charge in [0.05, 0.1) is 27.0 Å². The Morgan fingerprint density at radius 3 is 2.26 bits per heavy atom. The van der Waals surface area contributed by atoms with Crippen LogP contribution in [0.3, 0.4) is 0 Å². The minimum Gasteiger partial charge on any atom is -0.497 e. The smallest absolute Gasteiger partial charge is 0.279 e. The van der Waals surface area contributed by atoms with E-state index < -0.39 is 0 Å². The fourth-order valence-corrected chi connectivity index (χ4v) is 4.95. The number of benzene rings is 3. The van der Waals surface area contributed by atoms with Crippen LogP contribution < -0.4 is 19.0 Å². The van der Waals surface area contributed by atoms with E-state index in [0.717, 1.165) is 33.9 Å². The van der Waals surface area contributed by atoms with Gasteiger partial charge in [-0.25, -0.2) is 0 Å². The van der Waals surface area contributed by atoms with Crippen molar-refractivity contribution in [2.24, 2.45) is 4.99 Å². The normalized spacial score (nSPS) is 11.4. The molecule has 0 saturated carbocycles. The molecule has 0 fully saturated rings. The first-order valence-electron chi connectivity index (χ1n) is 11.2. The van der Waals surface area contributed by atoms with Gasteiger partial charge in [0, 0.05) is 17.0 Å². The molecule has 6 nitrogen and oxygen atoms in total. The molecule has 1 amide bonds. The number of carbonyl (C=O) groups excluding carboxylic acids is 1. The number of aryl methyl sites for hydroxylation is 2. The summed E-state index contributed by atoms with van der Waals surface area (Å²) in [6.45, 7) is 2.70. The third-order valence-corrected chi connectivity index (χ3v) is 6.73. The van der Waals surface area contributed by atoms with Gasteiger partial charge in [-0.2, -0.15) is 4.99 Å². The number of rotatable bonds is 8. The third-order valence-electron chi connectivity index (χ3n) is 5.73.